The number of hydrogen-bond donors (Lipinski definition) is 0. The molecule has 0 rings (SSSR count). The molecule has 0 aliphatic rings. The molecule has 0 aromatic carbocycles. The van der Waals surface area contributed by atoms with Gasteiger partial charge in [-0.1, -0.05) is 25.5 Å². The van der Waals surface area contributed by atoms with E-state index in [1.807, 2.05) is 6.21 Å². The van der Waals surface area contributed by atoms with E-state index in [9.17, 15) is 0 Å². The van der Waals surface area contributed by atoms with Gasteiger partial charge in [-0.3, -0.25) is 4.99 Å². The van der Waals surface area contributed by atoms with Gasteiger partial charge < -0.3 is 0 Å². The smallest absolute Gasteiger partial charge is 0.0283 e. The molecule has 1 heteroatoms. The molecule has 0 N–H and O–H groups in total. The van der Waals surface area contributed by atoms with Crippen molar-refractivity contribution in [3.8, 4) is 0 Å². The maximum Gasteiger partial charge on any atom is 0.0283 e. The molecule has 0 bridgehead atoms. The van der Waals surface area contributed by atoms with Gasteiger partial charge in [0.2, 0.25) is 0 Å². The quantitative estimate of drug-likeness (QED) is 0.447. The van der Waals surface area contributed by atoms with Crippen molar-refractivity contribution in [3.05, 3.63) is 23.3 Å². The second-order valence-electron chi connectivity index (χ2n) is 3.15. The van der Waals surface area contributed by atoms with Crippen molar-refractivity contribution in [2.24, 2.45) is 4.99 Å². The van der Waals surface area contributed by atoms with Crippen LogP contribution in [0.5, 0.6) is 0 Å². The van der Waals surface area contributed by atoms with Crippen molar-refractivity contribution < 1.29 is 0 Å². The summed E-state index contributed by atoms with van der Waals surface area (Å²) < 4.78 is 0. The van der Waals surface area contributed by atoms with Crippen molar-refractivity contribution >= 4 is 6.21 Å². The van der Waals surface area contributed by atoms with Gasteiger partial charge in [0.25, 0.3) is 0 Å². The topological polar surface area (TPSA) is 12.4 Å². The Balaban J connectivity index is 4.54. The Morgan fingerprint density at radius 1 is 1.42 bits per heavy atom. The van der Waals surface area contributed by atoms with Crippen LogP contribution in [-0.4, -0.2) is 13.3 Å². The van der Waals surface area contributed by atoms with Gasteiger partial charge in [-0.2, -0.15) is 0 Å². The molecule has 0 radical (unpaired) electrons. The molecule has 1 nitrogen and oxygen atoms in total. The minimum atomic E-state index is 1.06. The van der Waals surface area contributed by atoms with Crippen LogP contribution < -0.4 is 0 Å². The predicted octanol–water partition coefficient (Wildman–Crippen LogP) is 3.38. The first-order valence-electron chi connectivity index (χ1n) is 4.41. The molecule has 0 heterocycles. The fraction of sp³-hybridized carbons (Fsp3) is 0.545. The summed E-state index contributed by atoms with van der Waals surface area (Å²) in [5, 5.41) is 0. The lowest BCUT2D eigenvalue weighted by Gasteiger charge is -2.06. The molecule has 68 valence electrons. The summed E-state index contributed by atoms with van der Waals surface area (Å²) in [5.41, 5.74) is 3.70. The van der Waals surface area contributed by atoms with Gasteiger partial charge in [0.05, 0.1) is 0 Å². The average Bonchev–Trinajstić information content (AvgIpc) is 1.99. The highest BCUT2D eigenvalue weighted by atomic mass is 14.6. The highest BCUT2D eigenvalue weighted by Gasteiger charge is 2.00. The molecule has 0 amide bonds. The molecule has 0 aromatic heterocycles. The molecule has 0 saturated heterocycles. The maximum absolute atomic E-state index is 4.04. The first-order chi connectivity index (χ1) is 5.63. The van der Waals surface area contributed by atoms with Crippen LogP contribution in [-0.2, 0) is 0 Å². The Morgan fingerprint density at radius 3 is 2.33 bits per heavy atom. The van der Waals surface area contributed by atoms with Crippen LogP contribution in [0, 0.1) is 0 Å². The minimum Gasteiger partial charge on any atom is -0.296 e. The molecule has 0 fully saturated rings. The van der Waals surface area contributed by atoms with Crippen molar-refractivity contribution in [1.29, 1.82) is 0 Å². The van der Waals surface area contributed by atoms with E-state index >= 15 is 0 Å². The van der Waals surface area contributed by atoms with Crippen molar-refractivity contribution in [1.82, 2.24) is 0 Å². The van der Waals surface area contributed by atoms with Crippen molar-refractivity contribution in [2.45, 2.75) is 33.6 Å². The predicted molar refractivity (Wildman–Crippen MR) is 56.8 cm³/mol. The highest BCUT2D eigenvalue weighted by Crippen LogP contribution is 2.15. The summed E-state index contributed by atoms with van der Waals surface area (Å²) >= 11 is 0. The van der Waals surface area contributed by atoms with Crippen molar-refractivity contribution in [3.63, 3.8) is 0 Å². The lowest BCUT2D eigenvalue weighted by Crippen LogP contribution is -1.92. The molecule has 0 unspecified atom stereocenters. The fourth-order valence-corrected chi connectivity index (χ4v) is 1.14. The summed E-state index contributed by atoms with van der Waals surface area (Å²) in [6.07, 6.45) is 4.10. The highest BCUT2D eigenvalue weighted by molar-refractivity contribution is 5.85. The number of aliphatic imine (C=N–C) groups is 1. The molecule has 0 atom stereocenters. The Labute approximate surface area is 75.9 Å². The van der Waals surface area contributed by atoms with E-state index in [2.05, 4.69) is 32.3 Å². The van der Waals surface area contributed by atoms with E-state index in [-0.39, 0.29) is 0 Å². The number of allylic oxidation sites excluding steroid dienone is 3. The Bertz CT molecular complexity index is 205. The second-order valence-corrected chi connectivity index (χ2v) is 3.15. The van der Waals surface area contributed by atoms with Gasteiger partial charge in [0.15, 0.2) is 0 Å². The molecule has 0 aliphatic heterocycles. The molecule has 12 heavy (non-hydrogen) atoms. The summed E-state index contributed by atoms with van der Waals surface area (Å²) in [5.74, 6) is 0. The number of nitrogens with zero attached hydrogens (tertiary/aromatic N) is 1. The van der Waals surface area contributed by atoms with Gasteiger partial charge in [-0.15, -0.1) is 0 Å². The summed E-state index contributed by atoms with van der Waals surface area (Å²) in [6.45, 7) is 10.4. The molecule has 0 aromatic rings. The van der Waals surface area contributed by atoms with E-state index in [1.54, 1.807) is 7.05 Å². The Morgan fingerprint density at radius 2 is 2.00 bits per heavy atom. The number of rotatable bonds is 4. The first-order valence-corrected chi connectivity index (χ1v) is 4.41. The standard InChI is InChI=1S/C11H19N/c1-6-7-10(4)11(8-12-5)9(2)3/h8H,4,6-7H2,1-3,5H3/b12-8-. The molecule has 0 aliphatic carbocycles. The Hall–Kier alpha value is -0.850. The van der Waals surface area contributed by atoms with Crippen LogP contribution in [0.3, 0.4) is 0 Å². The lowest BCUT2D eigenvalue weighted by atomic mass is 10.0. The van der Waals surface area contributed by atoms with Gasteiger partial charge in [0, 0.05) is 13.3 Å². The molecule has 0 spiro atoms. The van der Waals surface area contributed by atoms with Gasteiger partial charge >= 0.3 is 0 Å². The second kappa shape index (κ2) is 5.76. The third-order valence-electron chi connectivity index (χ3n) is 1.73. The van der Waals surface area contributed by atoms with Gasteiger partial charge in [0.1, 0.15) is 0 Å². The van der Waals surface area contributed by atoms with Crippen LogP contribution in [0.2, 0.25) is 0 Å². The minimum absolute atomic E-state index is 1.06. The zero-order valence-corrected chi connectivity index (χ0v) is 8.65. The summed E-state index contributed by atoms with van der Waals surface area (Å²) in [6, 6.07) is 0. The Kier molecular flexibility index (Phi) is 5.35. The number of hydrogen-bond acceptors (Lipinski definition) is 1. The van der Waals surface area contributed by atoms with Crippen LogP contribution in [0.15, 0.2) is 28.3 Å². The SMILES string of the molecule is C=C(CCC)C(/C=N\C)=C(C)C. The van der Waals surface area contributed by atoms with Crippen LogP contribution >= 0.6 is 0 Å². The summed E-state index contributed by atoms with van der Waals surface area (Å²) in [7, 11) is 1.79. The maximum atomic E-state index is 4.04. The molecular formula is C11H19N. The normalized spacial score (nSPS) is 10.3. The van der Waals surface area contributed by atoms with E-state index < -0.39 is 0 Å². The lowest BCUT2D eigenvalue weighted by molar-refractivity contribution is 0.921. The largest absolute Gasteiger partial charge is 0.296 e. The zero-order valence-electron chi connectivity index (χ0n) is 8.65. The fourth-order valence-electron chi connectivity index (χ4n) is 1.14. The first kappa shape index (κ1) is 11.2. The monoisotopic (exact) mass is 165 g/mol. The van der Waals surface area contributed by atoms with E-state index in [0.29, 0.717) is 0 Å². The van der Waals surface area contributed by atoms with Crippen LogP contribution in [0.4, 0.5) is 0 Å². The van der Waals surface area contributed by atoms with Gasteiger partial charge in [-0.25, -0.2) is 0 Å². The summed E-state index contributed by atoms with van der Waals surface area (Å²) in [4.78, 5) is 4.02. The third kappa shape index (κ3) is 3.51. The van der Waals surface area contributed by atoms with Gasteiger partial charge in [-0.05, 0) is 31.4 Å². The van der Waals surface area contributed by atoms with Crippen LogP contribution in [0.25, 0.3) is 0 Å². The van der Waals surface area contributed by atoms with E-state index in [0.717, 1.165) is 12.8 Å². The molecule has 0 saturated carbocycles. The zero-order chi connectivity index (χ0) is 9.56. The van der Waals surface area contributed by atoms with E-state index in [1.165, 1.54) is 16.7 Å². The average molecular weight is 165 g/mol. The van der Waals surface area contributed by atoms with Crippen molar-refractivity contribution in [2.75, 3.05) is 7.05 Å². The van der Waals surface area contributed by atoms with Crippen LogP contribution in [0.1, 0.15) is 33.6 Å². The molecular weight excluding hydrogens is 146 g/mol. The third-order valence-corrected chi connectivity index (χ3v) is 1.73. The van der Waals surface area contributed by atoms with E-state index in [4.69, 9.17) is 0 Å².